The fourth-order valence-corrected chi connectivity index (χ4v) is 1.63. The molecule has 3 unspecified atom stereocenters. The van der Waals surface area contributed by atoms with Crippen molar-refractivity contribution < 1.29 is 97.2 Å². The second-order valence-corrected chi connectivity index (χ2v) is 11.1. The Balaban J connectivity index is -0.000000189. The van der Waals surface area contributed by atoms with Gasteiger partial charge in [0.15, 0.2) is 18.3 Å². The maximum absolute atomic E-state index is 11.6. The number of halogens is 11. The van der Waals surface area contributed by atoms with Crippen LogP contribution in [0.2, 0.25) is 0 Å². The van der Waals surface area contributed by atoms with Gasteiger partial charge in [0.25, 0.3) is 0 Å². The van der Waals surface area contributed by atoms with Crippen LogP contribution in [0.1, 0.15) is 7.43 Å². The maximum Gasteiger partial charge on any atom is 0.418 e. The van der Waals surface area contributed by atoms with E-state index >= 15 is 0 Å². The standard InChI is InChI=1S/C3H3F3O4S.C3H5F3O2.C3H3F3O.CH4.Cl2O2S.H2O4S/c4-3(5,6)2-1-9-11(7,8)10-2;4-3(5,6)2(8)1-7;4-3(5,6)2-1-7-2;;2*1-5(2,3)4/h2H,1H2;2,7-8H,1H2;2H,1H2;1H4;;(H2,1,2,3,4). The van der Waals surface area contributed by atoms with Gasteiger partial charge in [0.05, 0.1) is 13.2 Å². The summed E-state index contributed by atoms with van der Waals surface area (Å²) < 4.78 is 183. The summed E-state index contributed by atoms with van der Waals surface area (Å²) >= 11 is 0. The third kappa shape index (κ3) is 35.5. The fourth-order valence-electron chi connectivity index (χ4n) is 0.833. The van der Waals surface area contributed by atoms with Gasteiger partial charge in [0.2, 0.25) is 0 Å². The molecule has 4 N–H and O–H groups in total. The first-order valence-electron chi connectivity index (χ1n) is 7.42. The molecule has 2 rings (SSSR count). The lowest BCUT2D eigenvalue weighted by molar-refractivity contribution is -0.212. The highest BCUT2D eigenvalue weighted by Gasteiger charge is 2.49. The van der Waals surface area contributed by atoms with Crippen molar-refractivity contribution in [2.75, 3.05) is 19.8 Å². The zero-order valence-corrected chi connectivity index (χ0v) is 20.2. The molecule has 0 aromatic heterocycles. The van der Waals surface area contributed by atoms with Crippen LogP contribution in [-0.4, -0.2) is 101 Å². The van der Waals surface area contributed by atoms with E-state index in [2.05, 4.69) is 34.5 Å². The van der Waals surface area contributed by atoms with Gasteiger partial charge in [-0.05, 0) is 0 Å². The lowest BCUT2D eigenvalue weighted by Crippen LogP contribution is -2.31. The molecule has 37 heavy (non-hydrogen) atoms. The average molecular weight is 683 g/mol. The second-order valence-electron chi connectivity index (χ2n) is 5.25. The summed E-state index contributed by atoms with van der Waals surface area (Å²) in [6, 6.07) is 0. The molecule has 230 valence electrons. The Kier molecular flexibility index (Phi) is 19.5. The van der Waals surface area contributed by atoms with Gasteiger partial charge in [-0.1, -0.05) is 7.43 Å². The lowest BCUT2D eigenvalue weighted by atomic mass is 10.4. The fraction of sp³-hybridized carbons (Fsp3) is 1.00. The summed E-state index contributed by atoms with van der Waals surface area (Å²) in [6.45, 7) is -2.42. The van der Waals surface area contributed by atoms with E-state index in [9.17, 15) is 47.9 Å². The van der Waals surface area contributed by atoms with Crippen LogP contribution in [0.5, 0.6) is 0 Å². The zero-order valence-electron chi connectivity index (χ0n) is 16.2. The van der Waals surface area contributed by atoms with Gasteiger partial charge in [0.1, 0.15) is 6.61 Å². The third-order valence-corrected chi connectivity index (χ3v) is 3.10. The molecule has 0 spiro atoms. The molecule has 2 saturated heterocycles. The van der Waals surface area contributed by atoms with Crippen molar-refractivity contribution >= 4 is 50.4 Å². The van der Waals surface area contributed by atoms with Crippen LogP contribution in [-0.2, 0) is 42.2 Å². The molecule has 27 heteroatoms. The van der Waals surface area contributed by atoms with Crippen LogP contribution in [0, 0.1) is 0 Å². The highest BCUT2D eigenvalue weighted by molar-refractivity contribution is 8.31. The Morgan fingerprint density at radius 1 is 0.865 bits per heavy atom. The van der Waals surface area contributed by atoms with Crippen LogP contribution in [0.4, 0.5) is 39.5 Å². The topological polar surface area (TPSA) is 214 Å². The molecule has 2 fully saturated rings. The maximum atomic E-state index is 11.6. The molecule has 3 atom stereocenters. The van der Waals surface area contributed by atoms with E-state index in [1.165, 1.54) is 0 Å². The second kappa shape index (κ2) is 16.6. The first-order chi connectivity index (χ1) is 15.4. The first kappa shape index (κ1) is 43.6. The Labute approximate surface area is 211 Å². The van der Waals surface area contributed by atoms with E-state index in [-0.39, 0.29) is 14.0 Å². The lowest BCUT2D eigenvalue weighted by Gasteiger charge is -2.09. The largest absolute Gasteiger partial charge is 0.418 e. The summed E-state index contributed by atoms with van der Waals surface area (Å²) in [5.74, 6) is 0. The molecule has 0 saturated carbocycles. The normalized spacial score (nSPS) is 21.5. The average Bonchev–Trinajstić information content (AvgIpc) is 3.34. The predicted molar refractivity (Wildman–Crippen MR) is 102 cm³/mol. The van der Waals surface area contributed by atoms with Crippen LogP contribution in [0.15, 0.2) is 0 Å². The van der Waals surface area contributed by atoms with Gasteiger partial charge in [0, 0.05) is 21.4 Å². The summed E-state index contributed by atoms with van der Waals surface area (Å²) in [6.07, 6.45) is -19.9. The quantitative estimate of drug-likeness (QED) is 0.134. The molecule has 0 radical (unpaired) electrons. The number of aliphatic hydroxyl groups excluding tert-OH is 2. The van der Waals surface area contributed by atoms with Crippen molar-refractivity contribution in [2.24, 2.45) is 0 Å². The highest BCUT2D eigenvalue weighted by atomic mass is 36.0. The number of aliphatic hydroxyl groups is 2. The van der Waals surface area contributed by atoms with Crippen molar-refractivity contribution in [1.29, 1.82) is 0 Å². The smallest absolute Gasteiger partial charge is 0.393 e. The molecule has 0 amide bonds. The van der Waals surface area contributed by atoms with E-state index in [0.717, 1.165) is 0 Å². The summed E-state index contributed by atoms with van der Waals surface area (Å²) in [7, 11) is -4.25. The van der Waals surface area contributed by atoms with Gasteiger partial charge >= 0.3 is 47.6 Å². The molecule has 0 aromatic rings. The Morgan fingerprint density at radius 2 is 1.16 bits per heavy atom. The van der Waals surface area contributed by atoms with E-state index in [0.29, 0.717) is 0 Å². The van der Waals surface area contributed by atoms with Gasteiger partial charge in [-0.2, -0.15) is 64.8 Å². The minimum absolute atomic E-state index is 0. The van der Waals surface area contributed by atoms with Crippen molar-refractivity contribution in [3.8, 4) is 0 Å². The summed E-state index contributed by atoms with van der Waals surface area (Å²) in [4.78, 5) is 0. The predicted octanol–water partition coefficient (Wildman–Crippen LogP) is 1.75. The van der Waals surface area contributed by atoms with Gasteiger partial charge in [-0.25, -0.2) is 8.37 Å². The van der Waals surface area contributed by atoms with Crippen LogP contribution in [0.25, 0.3) is 0 Å². The minimum Gasteiger partial charge on any atom is -0.393 e. The van der Waals surface area contributed by atoms with E-state index < -0.39 is 79.1 Å². The highest BCUT2D eigenvalue weighted by Crippen LogP contribution is 2.30. The van der Waals surface area contributed by atoms with Gasteiger partial charge < -0.3 is 14.9 Å². The number of hydrogen-bond acceptors (Lipinski definition) is 11. The van der Waals surface area contributed by atoms with Gasteiger partial charge in [-0.15, -0.1) is 0 Å². The van der Waals surface area contributed by atoms with Crippen molar-refractivity contribution in [3.63, 3.8) is 0 Å². The molecule has 2 heterocycles. The van der Waals surface area contributed by atoms with Crippen LogP contribution < -0.4 is 0 Å². The Bertz CT molecular complexity index is 900. The molecule has 0 aliphatic carbocycles. The molecule has 2 aliphatic rings. The molecule has 2 aliphatic heterocycles. The van der Waals surface area contributed by atoms with Crippen LogP contribution in [0.3, 0.4) is 0 Å². The van der Waals surface area contributed by atoms with E-state index in [1.54, 1.807) is 0 Å². The Morgan fingerprint density at radius 3 is 1.22 bits per heavy atom. The van der Waals surface area contributed by atoms with E-state index in [4.69, 9.17) is 36.2 Å². The number of epoxide rings is 1. The molecule has 0 aromatic carbocycles. The summed E-state index contributed by atoms with van der Waals surface area (Å²) in [5, 5.41) is 15.5. The number of ether oxygens (including phenoxy) is 1. The monoisotopic (exact) mass is 682 g/mol. The third-order valence-electron chi connectivity index (χ3n) is 2.21. The van der Waals surface area contributed by atoms with Crippen molar-refractivity contribution in [1.82, 2.24) is 0 Å². The molecule has 13 nitrogen and oxygen atoms in total. The van der Waals surface area contributed by atoms with Crippen LogP contribution >= 0.6 is 21.4 Å². The van der Waals surface area contributed by atoms with E-state index in [1.807, 2.05) is 0 Å². The molecular weight excluding hydrogens is 666 g/mol. The zero-order chi connectivity index (χ0) is 30.0. The van der Waals surface area contributed by atoms with Crippen molar-refractivity contribution in [3.05, 3.63) is 0 Å². The molecular formula is C10H17Cl2F9O13S3. The number of alkyl halides is 9. The SMILES string of the molecule is C.FC(F)(F)C1CO1.O=S(=O)(Cl)Cl.O=S(=O)(O)O.O=S1(=O)OCC(C(F)(F)F)O1.OCC(O)C(F)(F)F. The first-order valence-corrected chi connectivity index (χ1v) is 13.3. The summed E-state index contributed by atoms with van der Waals surface area (Å²) in [5.41, 5.74) is 0. The molecule has 0 bridgehead atoms. The number of rotatable bonds is 1. The van der Waals surface area contributed by atoms with Crippen molar-refractivity contribution in [2.45, 2.75) is 44.3 Å². The Hall–Kier alpha value is -0.480. The van der Waals surface area contributed by atoms with Gasteiger partial charge in [-0.3, -0.25) is 9.11 Å². The number of hydrogen-bond donors (Lipinski definition) is 4. The minimum atomic E-state index is -4.69.